The maximum absolute atomic E-state index is 11.7. The molecule has 2 amide bonds. The highest BCUT2D eigenvalue weighted by molar-refractivity contribution is 5.84. The molecule has 108 valence electrons. The lowest BCUT2D eigenvalue weighted by Crippen LogP contribution is -2.40. The molecule has 0 saturated carbocycles. The predicted octanol–water partition coefficient (Wildman–Crippen LogP) is 0.760. The molecule has 0 aromatic rings. The zero-order chi connectivity index (χ0) is 14.1. The van der Waals surface area contributed by atoms with Gasteiger partial charge >= 0.3 is 5.97 Å². The molecule has 2 N–H and O–H groups in total. The Labute approximate surface area is 113 Å². The number of likely N-dealkylation sites (tertiary alicyclic amines) is 1. The van der Waals surface area contributed by atoms with Gasteiger partial charge in [0.2, 0.25) is 11.8 Å². The Balaban J connectivity index is 2.15. The third kappa shape index (κ3) is 6.79. The molecular formula is C13H22N2O4. The molecule has 0 aromatic carbocycles. The lowest BCUT2D eigenvalue weighted by Gasteiger charge is -2.19. The van der Waals surface area contributed by atoms with Crippen molar-refractivity contribution in [3.05, 3.63) is 0 Å². The molecule has 6 heteroatoms. The lowest BCUT2D eigenvalue weighted by atomic mass is 10.2. The normalized spacial score (nSPS) is 16.0. The first-order valence-electron chi connectivity index (χ1n) is 6.86. The first-order valence-corrected chi connectivity index (χ1v) is 6.86. The summed E-state index contributed by atoms with van der Waals surface area (Å²) in [6.07, 6.45) is 4.76. The highest BCUT2D eigenvalue weighted by Gasteiger charge is 2.18. The van der Waals surface area contributed by atoms with Crippen molar-refractivity contribution in [3.8, 4) is 0 Å². The molecule has 1 fully saturated rings. The smallest absolute Gasteiger partial charge is 0.303 e. The minimum Gasteiger partial charge on any atom is -0.481 e. The van der Waals surface area contributed by atoms with Gasteiger partial charge in [0.15, 0.2) is 0 Å². The van der Waals surface area contributed by atoms with Crippen LogP contribution < -0.4 is 5.32 Å². The Kier molecular flexibility index (Phi) is 6.92. The Morgan fingerprint density at radius 3 is 2.74 bits per heavy atom. The number of nitrogens with one attached hydrogen (secondary N) is 1. The summed E-state index contributed by atoms with van der Waals surface area (Å²) in [7, 11) is 0. The van der Waals surface area contributed by atoms with Crippen molar-refractivity contribution in [1.29, 1.82) is 0 Å². The van der Waals surface area contributed by atoms with Gasteiger partial charge in [-0.1, -0.05) is 6.42 Å². The summed E-state index contributed by atoms with van der Waals surface area (Å²) in [6, 6.07) is 0. The molecule has 6 nitrogen and oxygen atoms in total. The topological polar surface area (TPSA) is 86.7 Å². The SMILES string of the molecule is O=C(O)CCCCNC(=O)CN1CCCCCC1=O. The van der Waals surface area contributed by atoms with Crippen molar-refractivity contribution >= 4 is 17.8 Å². The minimum atomic E-state index is -0.818. The number of carbonyl (C=O) groups is 3. The number of aliphatic carboxylic acids is 1. The molecule has 1 aliphatic heterocycles. The van der Waals surface area contributed by atoms with Crippen LogP contribution in [-0.2, 0) is 14.4 Å². The Morgan fingerprint density at radius 2 is 2.00 bits per heavy atom. The van der Waals surface area contributed by atoms with Gasteiger partial charge < -0.3 is 15.3 Å². The Hall–Kier alpha value is -1.59. The summed E-state index contributed by atoms with van der Waals surface area (Å²) in [5.74, 6) is -0.925. The van der Waals surface area contributed by atoms with Crippen molar-refractivity contribution < 1.29 is 19.5 Å². The van der Waals surface area contributed by atoms with E-state index in [1.165, 1.54) is 0 Å². The number of carboxylic acids is 1. The number of hydrogen-bond donors (Lipinski definition) is 2. The van der Waals surface area contributed by atoms with Crippen molar-refractivity contribution in [2.75, 3.05) is 19.6 Å². The predicted molar refractivity (Wildman–Crippen MR) is 69.5 cm³/mol. The number of hydrogen-bond acceptors (Lipinski definition) is 3. The van der Waals surface area contributed by atoms with Gasteiger partial charge in [-0.05, 0) is 25.7 Å². The fraction of sp³-hybridized carbons (Fsp3) is 0.769. The average molecular weight is 270 g/mol. The zero-order valence-electron chi connectivity index (χ0n) is 11.2. The van der Waals surface area contributed by atoms with E-state index in [0.717, 1.165) is 19.3 Å². The van der Waals surface area contributed by atoms with Crippen molar-refractivity contribution in [2.24, 2.45) is 0 Å². The standard InChI is InChI=1S/C13H22N2O4/c16-11(14-8-4-3-7-13(18)19)10-15-9-5-1-2-6-12(15)17/h1-10H2,(H,14,16)(H,18,19). The van der Waals surface area contributed by atoms with E-state index in [1.807, 2.05) is 0 Å². The second-order valence-electron chi connectivity index (χ2n) is 4.83. The first kappa shape index (κ1) is 15.5. The number of rotatable bonds is 7. The van der Waals surface area contributed by atoms with Gasteiger partial charge in [-0.15, -0.1) is 0 Å². The Bertz CT molecular complexity index is 331. The second kappa shape index (κ2) is 8.50. The molecular weight excluding hydrogens is 248 g/mol. The zero-order valence-corrected chi connectivity index (χ0v) is 11.2. The van der Waals surface area contributed by atoms with Gasteiger partial charge in [0, 0.05) is 25.9 Å². The van der Waals surface area contributed by atoms with Gasteiger partial charge in [0.05, 0.1) is 6.54 Å². The summed E-state index contributed by atoms with van der Waals surface area (Å²) in [5, 5.41) is 11.2. The van der Waals surface area contributed by atoms with Crippen molar-refractivity contribution in [3.63, 3.8) is 0 Å². The van der Waals surface area contributed by atoms with Crippen molar-refractivity contribution in [2.45, 2.75) is 44.9 Å². The van der Waals surface area contributed by atoms with Crippen LogP contribution in [0, 0.1) is 0 Å². The van der Waals surface area contributed by atoms with Crippen LogP contribution in [-0.4, -0.2) is 47.4 Å². The van der Waals surface area contributed by atoms with Crippen LogP contribution in [0.5, 0.6) is 0 Å². The quantitative estimate of drug-likeness (QED) is 0.669. The van der Waals surface area contributed by atoms with Gasteiger partial charge in [-0.3, -0.25) is 14.4 Å². The van der Waals surface area contributed by atoms with E-state index in [2.05, 4.69) is 5.32 Å². The van der Waals surface area contributed by atoms with E-state index < -0.39 is 5.97 Å². The van der Waals surface area contributed by atoms with E-state index in [0.29, 0.717) is 32.4 Å². The summed E-state index contributed by atoms with van der Waals surface area (Å²) in [4.78, 5) is 35.2. The minimum absolute atomic E-state index is 0.0542. The molecule has 0 bridgehead atoms. The fourth-order valence-electron chi connectivity index (χ4n) is 2.06. The van der Waals surface area contributed by atoms with Crippen LogP contribution in [0.1, 0.15) is 44.9 Å². The molecule has 1 saturated heterocycles. The van der Waals surface area contributed by atoms with Crippen molar-refractivity contribution in [1.82, 2.24) is 10.2 Å². The summed E-state index contributed by atoms with van der Waals surface area (Å²) in [6.45, 7) is 1.25. The van der Waals surface area contributed by atoms with Crippen LogP contribution in [0.4, 0.5) is 0 Å². The maximum Gasteiger partial charge on any atom is 0.303 e. The molecule has 0 spiro atoms. The molecule has 1 heterocycles. The average Bonchev–Trinajstić information content (AvgIpc) is 2.54. The van der Waals surface area contributed by atoms with E-state index >= 15 is 0 Å². The van der Waals surface area contributed by atoms with Crippen LogP contribution in [0.2, 0.25) is 0 Å². The number of nitrogens with zero attached hydrogens (tertiary/aromatic N) is 1. The van der Waals surface area contributed by atoms with E-state index in [4.69, 9.17) is 5.11 Å². The van der Waals surface area contributed by atoms with Gasteiger partial charge in [0.1, 0.15) is 0 Å². The molecule has 0 aromatic heterocycles. The van der Waals surface area contributed by atoms with Crippen LogP contribution in [0.3, 0.4) is 0 Å². The summed E-state index contributed by atoms with van der Waals surface area (Å²) < 4.78 is 0. The van der Waals surface area contributed by atoms with Gasteiger partial charge in [-0.25, -0.2) is 0 Å². The summed E-state index contributed by atoms with van der Waals surface area (Å²) >= 11 is 0. The Morgan fingerprint density at radius 1 is 1.21 bits per heavy atom. The van der Waals surface area contributed by atoms with E-state index in [-0.39, 0.29) is 24.8 Å². The largest absolute Gasteiger partial charge is 0.481 e. The lowest BCUT2D eigenvalue weighted by molar-refractivity contribution is -0.137. The molecule has 1 aliphatic rings. The molecule has 0 unspecified atom stereocenters. The number of amides is 2. The fourth-order valence-corrected chi connectivity index (χ4v) is 2.06. The molecule has 0 aliphatic carbocycles. The number of carbonyl (C=O) groups excluding carboxylic acids is 2. The van der Waals surface area contributed by atoms with E-state index in [9.17, 15) is 14.4 Å². The second-order valence-corrected chi connectivity index (χ2v) is 4.83. The van der Waals surface area contributed by atoms with Gasteiger partial charge in [0.25, 0.3) is 0 Å². The summed E-state index contributed by atoms with van der Waals surface area (Å²) in [5.41, 5.74) is 0. The van der Waals surface area contributed by atoms with Crippen LogP contribution >= 0.6 is 0 Å². The maximum atomic E-state index is 11.7. The third-order valence-electron chi connectivity index (χ3n) is 3.15. The molecule has 0 radical (unpaired) electrons. The first-order chi connectivity index (χ1) is 9.09. The number of unbranched alkanes of at least 4 members (excludes halogenated alkanes) is 1. The monoisotopic (exact) mass is 270 g/mol. The number of carboxylic acid groups (broad SMARTS) is 1. The van der Waals surface area contributed by atoms with Gasteiger partial charge in [-0.2, -0.15) is 0 Å². The molecule has 1 rings (SSSR count). The van der Waals surface area contributed by atoms with Crippen LogP contribution in [0.15, 0.2) is 0 Å². The highest BCUT2D eigenvalue weighted by atomic mass is 16.4. The van der Waals surface area contributed by atoms with E-state index in [1.54, 1.807) is 4.90 Å². The third-order valence-corrected chi connectivity index (χ3v) is 3.15. The molecule has 0 atom stereocenters. The van der Waals surface area contributed by atoms with Crippen LogP contribution in [0.25, 0.3) is 0 Å². The highest BCUT2D eigenvalue weighted by Crippen LogP contribution is 2.10. The molecule has 19 heavy (non-hydrogen) atoms.